The van der Waals surface area contributed by atoms with E-state index in [1.165, 1.54) is 23.2 Å². The van der Waals surface area contributed by atoms with E-state index < -0.39 is 16.9 Å². The summed E-state index contributed by atoms with van der Waals surface area (Å²) in [5.41, 5.74) is -0.304. The Labute approximate surface area is 129 Å². The van der Waals surface area contributed by atoms with Gasteiger partial charge in [-0.3, -0.25) is 23.5 Å². The lowest BCUT2D eigenvalue weighted by Gasteiger charge is -2.06. The maximum absolute atomic E-state index is 12.3. The standard InChI is InChI=1S/C14H13ClN4O3/c1-17-11-10(12(20)18(2)14(17)22)19(13(21)16-11)7-8-4-3-5-9(15)6-8/h3-6H,7H2,1-2H3,(H,16,21). The Kier molecular flexibility index (Phi) is 3.29. The third-order valence-corrected chi connectivity index (χ3v) is 3.85. The molecule has 8 heteroatoms. The van der Waals surface area contributed by atoms with Gasteiger partial charge in [0.25, 0.3) is 5.56 Å². The van der Waals surface area contributed by atoms with Gasteiger partial charge in [-0.15, -0.1) is 0 Å². The van der Waals surface area contributed by atoms with Crippen LogP contribution in [0.5, 0.6) is 0 Å². The number of aromatic amines is 1. The highest BCUT2D eigenvalue weighted by Crippen LogP contribution is 2.12. The molecule has 22 heavy (non-hydrogen) atoms. The Morgan fingerprint density at radius 2 is 1.86 bits per heavy atom. The number of rotatable bonds is 2. The molecule has 0 radical (unpaired) electrons. The highest BCUT2D eigenvalue weighted by atomic mass is 35.5. The number of nitrogens with one attached hydrogen (secondary N) is 1. The third kappa shape index (κ3) is 2.10. The summed E-state index contributed by atoms with van der Waals surface area (Å²) in [5, 5.41) is 0.547. The second kappa shape index (κ2) is 5.03. The molecule has 0 spiro atoms. The zero-order chi connectivity index (χ0) is 16.0. The van der Waals surface area contributed by atoms with Crippen molar-refractivity contribution in [2.75, 3.05) is 0 Å². The van der Waals surface area contributed by atoms with Gasteiger partial charge in [-0.25, -0.2) is 9.59 Å². The van der Waals surface area contributed by atoms with E-state index in [0.717, 1.165) is 10.1 Å². The van der Waals surface area contributed by atoms with Gasteiger partial charge in [-0.05, 0) is 17.7 Å². The monoisotopic (exact) mass is 320 g/mol. The molecule has 0 saturated carbocycles. The van der Waals surface area contributed by atoms with E-state index in [4.69, 9.17) is 11.6 Å². The highest BCUT2D eigenvalue weighted by molar-refractivity contribution is 6.30. The lowest BCUT2D eigenvalue weighted by atomic mass is 10.2. The topological polar surface area (TPSA) is 81.8 Å². The summed E-state index contributed by atoms with van der Waals surface area (Å²) < 4.78 is 3.53. The lowest BCUT2D eigenvalue weighted by molar-refractivity contribution is 0.701. The average Bonchev–Trinajstić information content (AvgIpc) is 2.80. The van der Waals surface area contributed by atoms with Crippen molar-refractivity contribution in [3.05, 3.63) is 66.2 Å². The maximum Gasteiger partial charge on any atom is 0.332 e. The number of hydrogen-bond acceptors (Lipinski definition) is 3. The molecule has 0 atom stereocenters. The van der Waals surface area contributed by atoms with Gasteiger partial charge in [0.15, 0.2) is 5.52 Å². The number of fused-ring (bicyclic) bond motifs is 1. The Hall–Kier alpha value is -2.54. The van der Waals surface area contributed by atoms with Crippen molar-refractivity contribution in [3.8, 4) is 0 Å². The number of H-pyrrole nitrogens is 1. The largest absolute Gasteiger partial charge is 0.332 e. The van der Waals surface area contributed by atoms with Crippen LogP contribution in [0.4, 0.5) is 0 Å². The molecule has 0 saturated heterocycles. The van der Waals surface area contributed by atoms with Gasteiger partial charge in [0.1, 0.15) is 5.65 Å². The van der Waals surface area contributed by atoms with E-state index in [9.17, 15) is 14.4 Å². The minimum absolute atomic E-state index is 0.162. The predicted molar refractivity (Wildman–Crippen MR) is 83.6 cm³/mol. The zero-order valence-corrected chi connectivity index (χ0v) is 12.7. The van der Waals surface area contributed by atoms with Crippen molar-refractivity contribution >= 4 is 22.8 Å². The van der Waals surface area contributed by atoms with Crippen molar-refractivity contribution in [2.24, 2.45) is 14.1 Å². The summed E-state index contributed by atoms with van der Waals surface area (Å²) in [6.45, 7) is 0.187. The van der Waals surface area contributed by atoms with E-state index >= 15 is 0 Å². The number of benzene rings is 1. The molecular formula is C14H13ClN4O3. The molecule has 0 fully saturated rings. The molecule has 7 nitrogen and oxygen atoms in total. The Bertz CT molecular complexity index is 1050. The van der Waals surface area contributed by atoms with Crippen LogP contribution in [0.1, 0.15) is 5.56 Å². The molecular weight excluding hydrogens is 308 g/mol. The SMILES string of the molecule is Cn1c(=O)c2c([nH]c(=O)n2Cc2cccc(Cl)c2)n(C)c1=O. The average molecular weight is 321 g/mol. The zero-order valence-electron chi connectivity index (χ0n) is 12.0. The van der Waals surface area contributed by atoms with Gasteiger partial charge in [-0.1, -0.05) is 23.7 Å². The molecule has 0 unspecified atom stereocenters. The smallest absolute Gasteiger partial charge is 0.291 e. The van der Waals surface area contributed by atoms with E-state index in [2.05, 4.69) is 4.98 Å². The number of nitrogens with zero attached hydrogens (tertiary/aromatic N) is 3. The predicted octanol–water partition coefficient (Wildman–Crippen LogP) is 0.429. The van der Waals surface area contributed by atoms with Crippen LogP contribution in [0, 0.1) is 0 Å². The maximum atomic E-state index is 12.3. The van der Waals surface area contributed by atoms with Gasteiger partial charge < -0.3 is 0 Å². The minimum Gasteiger partial charge on any atom is -0.291 e. The fraction of sp³-hybridized carbons (Fsp3) is 0.214. The molecule has 0 aliphatic carbocycles. The first kappa shape index (κ1) is 14.4. The van der Waals surface area contributed by atoms with E-state index in [1.54, 1.807) is 18.2 Å². The Morgan fingerprint density at radius 3 is 2.55 bits per heavy atom. The minimum atomic E-state index is -0.515. The van der Waals surface area contributed by atoms with Crippen molar-refractivity contribution in [1.29, 1.82) is 0 Å². The van der Waals surface area contributed by atoms with Crippen LogP contribution >= 0.6 is 11.6 Å². The van der Waals surface area contributed by atoms with Crippen molar-refractivity contribution in [2.45, 2.75) is 6.54 Å². The van der Waals surface area contributed by atoms with E-state index in [0.29, 0.717) is 5.02 Å². The van der Waals surface area contributed by atoms with Crippen molar-refractivity contribution in [3.63, 3.8) is 0 Å². The summed E-state index contributed by atoms with van der Waals surface area (Å²) in [6.07, 6.45) is 0. The normalized spacial score (nSPS) is 11.2. The molecule has 3 rings (SSSR count). The van der Waals surface area contributed by atoms with Crippen LogP contribution in [-0.2, 0) is 20.6 Å². The van der Waals surface area contributed by atoms with Gasteiger partial charge in [0, 0.05) is 19.1 Å². The number of aromatic nitrogens is 4. The molecule has 0 aliphatic heterocycles. The van der Waals surface area contributed by atoms with Crippen LogP contribution in [0.2, 0.25) is 5.02 Å². The number of hydrogen-bond donors (Lipinski definition) is 1. The second-order valence-electron chi connectivity index (χ2n) is 5.05. The van der Waals surface area contributed by atoms with Gasteiger partial charge in [-0.2, -0.15) is 0 Å². The van der Waals surface area contributed by atoms with Crippen LogP contribution in [-0.4, -0.2) is 18.7 Å². The van der Waals surface area contributed by atoms with Gasteiger partial charge >= 0.3 is 11.4 Å². The van der Waals surface area contributed by atoms with E-state index in [-0.39, 0.29) is 17.7 Å². The number of halogens is 1. The summed E-state index contributed by atoms with van der Waals surface area (Å²) in [4.78, 5) is 39.0. The Balaban J connectivity index is 2.31. The molecule has 0 aliphatic rings. The number of imidazole rings is 1. The molecule has 1 N–H and O–H groups in total. The first-order valence-electron chi connectivity index (χ1n) is 6.53. The molecule has 1 aromatic carbocycles. The van der Waals surface area contributed by atoms with Gasteiger partial charge in [0.2, 0.25) is 0 Å². The molecule has 2 heterocycles. The van der Waals surface area contributed by atoms with Crippen molar-refractivity contribution in [1.82, 2.24) is 18.7 Å². The molecule has 3 aromatic rings. The quantitative estimate of drug-likeness (QED) is 0.743. The second-order valence-corrected chi connectivity index (χ2v) is 5.49. The van der Waals surface area contributed by atoms with Gasteiger partial charge in [0.05, 0.1) is 6.54 Å². The van der Waals surface area contributed by atoms with Crippen LogP contribution in [0.3, 0.4) is 0 Å². The summed E-state index contributed by atoms with van der Waals surface area (Å²) >= 11 is 5.94. The van der Waals surface area contributed by atoms with E-state index in [1.807, 2.05) is 6.07 Å². The fourth-order valence-corrected chi connectivity index (χ4v) is 2.66. The molecule has 0 bridgehead atoms. The third-order valence-electron chi connectivity index (χ3n) is 3.61. The molecule has 114 valence electrons. The Morgan fingerprint density at radius 1 is 1.14 bits per heavy atom. The highest BCUT2D eigenvalue weighted by Gasteiger charge is 2.16. The first-order valence-corrected chi connectivity index (χ1v) is 6.91. The lowest BCUT2D eigenvalue weighted by Crippen LogP contribution is -2.37. The first-order chi connectivity index (χ1) is 10.4. The fourth-order valence-electron chi connectivity index (χ4n) is 2.45. The summed E-state index contributed by atoms with van der Waals surface area (Å²) in [7, 11) is 2.88. The molecule has 0 amide bonds. The molecule has 2 aromatic heterocycles. The van der Waals surface area contributed by atoms with Crippen molar-refractivity contribution < 1.29 is 0 Å². The summed E-state index contributed by atoms with van der Waals surface area (Å²) in [6, 6.07) is 7.03. The van der Waals surface area contributed by atoms with Crippen LogP contribution in [0.25, 0.3) is 11.2 Å². The number of aryl methyl sites for hydroxylation is 1. The van der Waals surface area contributed by atoms with Crippen LogP contribution in [0.15, 0.2) is 38.6 Å². The summed E-state index contributed by atoms with van der Waals surface area (Å²) in [5.74, 6) is 0. The van der Waals surface area contributed by atoms with Crippen LogP contribution < -0.4 is 16.9 Å².